The lowest BCUT2D eigenvalue weighted by atomic mass is 9.98. The summed E-state index contributed by atoms with van der Waals surface area (Å²) < 4.78 is 5.30. The lowest BCUT2D eigenvalue weighted by Crippen LogP contribution is -2.41. The number of rotatable bonds is 5. The van der Waals surface area contributed by atoms with E-state index in [0.717, 1.165) is 11.1 Å². The molecule has 22 heavy (non-hydrogen) atoms. The van der Waals surface area contributed by atoms with Gasteiger partial charge in [-0.3, -0.25) is 0 Å². The van der Waals surface area contributed by atoms with E-state index in [0.29, 0.717) is 0 Å². The Hall–Kier alpha value is -1.81. The van der Waals surface area contributed by atoms with Crippen molar-refractivity contribution in [1.82, 2.24) is 5.32 Å². The maximum atomic E-state index is 12.0. The fourth-order valence-electron chi connectivity index (χ4n) is 1.95. The molecule has 122 valence electrons. The summed E-state index contributed by atoms with van der Waals surface area (Å²) in [4.78, 5) is 12.0. The quantitative estimate of drug-likeness (QED) is 0.873. The Morgan fingerprint density at radius 1 is 1.27 bits per heavy atom. The summed E-state index contributed by atoms with van der Waals surface area (Å²) in [6.07, 6.45) is 1.44. The molecule has 1 aromatic carbocycles. The van der Waals surface area contributed by atoms with Crippen molar-refractivity contribution >= 4 is 11.7 Å². The minimum absolute atomic E-state index is 0.0801. The average Bonchev–Trinajstić information content (AvgIpc) is 2.42. The Labute approximate surface area is 133 Å². The van der Waals surface area contributed by atoms with Crippen LogP contribution in [0.15, 0.2) is 36.4 Å². The number of carbonyl (C=O) groups excluding carboxylic acids is 1. The molecule has 4 heteroatoms. The van der Waals surface area contributed by atoms with Crippen molar-refractivity contribution in [3.63, 3.8) is 0 Å². The first kappa shape index (κ1) is 18.2. The molecule has 1 atom stereocenters. The maximum absolute atomic E-state index is 12.0. The van der Waals surface area contributed by atoms with E-state index in [9.17, 15) is 9.90 Å². The fourth-order valence-corrected chi connectivity index (χ4v) is 1.95. The minimum atomic E-state index is -0.533. The van der Waals surface area contributed by atoms with E-state index in [1.807, 2.05) is 71.0 Å². The van der Waals surface area contributed by atoms with Crippen LogP contribution < -0.4 is 5.32 Å². The van der Waals surface area contributed by atoms with Crippen LogP contribution in [-0.2, 0) is 4.74 Å². The summed E-state index contributed by atoms with van der Waals surface area (Å²) in [7, 11) is 0. The summed E-state index contributed by atoms with van der Waals surface area (Å²) in [6.45, 7) is 9.43. The molecule has 0 saturated carbocycles. The van der Waals surface area contributed by atoms with Crippen molar-refractivity contribution in [2.45, 2.75) is 46.3 Å². The molecule has 0 aromatic heterocycles. The number of aliphatic hydroxyl groups excluding tert-OH is 1. The van der Waals surface area contributed by atoms with Crippen molar-refractivity contribution in [2.75, 3.05) is 6.61 Å². The van der Waals surface area contributed by atoms with Gasteiger partial charge in [-0.2, -0.15) is 0 Å². The molecule has 0 radical (unpaired) electrons. The number of nitrogens with one attached hydrogen (secondary N) is 1. The van der Waals surface area contributed by atoms with Crippen LogP contribution >= 0.6 is 0 Å². The number of amides is 1. The maximum Gasteiger partial charge on any atom is 0.408 e. The first-order valence-corrected chi connectivity index (χ1v) is 7.59. The van der Waals surface area contributed by atoms with E-state index in [-0.39, 0.29) is 18.6 Å². The van der Waals surface area contributed by atoms with Gasteiger partial charge in [0.15, 0.2) is 0 Å². The summed E-state index contributed by atoms with van der Waals surface area (Å²) in [6, 6.07) is 9.43. The molecule has 0 heterocycles. The molecular weight excluding hydrogens is 278 g/mol. The second-order valence-electron chi connectivity index (χ2n) is 6.63. The summed E-state index contributed by atoms with van der Waals surface area (Å²) in [5, 5.41) is 12.5. The summed E-state index contributed by atoms with van der Waals surface area (Å²) in [5.41, 5.74) is 1.20. The summed E-state index contributed by atoms with van der Waals surface area (Å²) in [5.74, 6) is 0.179. The van der Waals surface area contributed by atoms with Gasteiger partial charge in [0, 0.05) is 0 Å². The van der Waals surface area contributed by atoms with Crippen LogP contribution in [0.25, 0.3) is 5.57 Å². The number of benzene rings is 1. The van der Waals surface area contributed by atoms with Gasteiger partial charge in [-0.1, -0.05) is 50.3 Å². The van der Waals surface area contributed by atoms with E-state index < -0.39 is 11.7 Å². The first-order chi connectivity index (χ1) is 10.2. The number of alkyl carbamates (subject to hydrolysis) is 1. The fraction of sp³-hybridized carbons (Fsp3) is 0.500. The Morgan fingerprint density at radius 2 is 1.86 bits per heavy atom. The molecule has 2 N–H and O–H groups in total. The predicted molar refractivity (Wildman–Crippen MR) is 89.5 cm³/mol. The topological polar surface area (TPSA) is 58.6 Å². The molecule has 0 bridgehead atoms. The van der Waals surface area contributed by atoms with Crippen LogP contribution in [0.4, 0.5) is 4.79 Å². The molecule has 0 spiro atoms. The molecule has 1 rings (SSSR count). The van der Waals surface area contributed by atoms with Crippen LogP contribution in [0.5, 0.6) is 0 Å². The van der Waals surface area contributed by atoms with Gasteiger partial charge in [-0.15, -0.1) is 0 Å². The third-order valence-corrected chi connectivity index (χ3v) is 3.10. The summed E-state index contributed by atoms with van der Waals surface area (Å²) >= 11 is 0. The highest BCUT2D eigenvalue weighted by Crippen LogP contribution is 2.17. The second-order valence-corrected chi connectivity index (χ2v) is 6.63. The number of hydrogen-bond acceptors (Lipinski definition) is 3. The predicted octanol–water partition coefficient (Wildman–Crippen LogP) is 3.61. The van der Waals surface area contributed by atoms with E-state index in [1.165, 1.54) is 0 Å². The third-order valence-electron chi connectivity index (χ3n) is 3.10. The Balaban J connectivity index is 2.90. The Bertz CT molecular complexity index is 501. The zero-order valence-corrected chi connectivity index (χ0v) is 14.1. The van der Waals surface area contributed by atoms with Crippen molar-refractivity contribution in [2.24, 2.45) is 5.92 Å². The number of hydrogen-bond donors (Lipinski definition) is 2. The molecule has 0 aliphatic heterocycles. The smallest absolute Gasteiger partial charge is 0.408 e. The monoisotopic (exact) mass is 305 g/mol. The highest BCUT2D eigenvalue weighted by molar-refractivity contribution is 5.71. The number of ether oxygens (including phenoxy) is 1. The van der Waals surface area contributed by atoms with Crippen molar-refractivity contribution in [3.05, 3.63) is 42.0 Å². The van der Waals surface area contributed by atoms with Gasteiger partial charge in [0.25, 0.3) is 0 Å². The van der Waals surface area contributed by atoms with E-state index in [4.69, 9.17) is 4.74 Å². The van der Waals surface area contributed by atoms with Gasteiger partial charge < -0.3 is 15.2 Å². The molecule has 0 aliphatic carbocycles. The minimum Gasteiger partial charge on any atom is -0.444 e. The second kappa shape index (κ2) is 7.99. The normalized spacial score (nSPS) is 13.9. The molecule has 1 amide bonds. The molecule has 0 fully saturated rings. The lowest BCUT2D eigenvalue weighted by Gasteiger charge is -2.24. The molecule has 1 aromatic rings. The first-order valence-electron chi connectivity index (χ1n) is 7.59. The molecule has 1 unspecified atom stereocenters. The standard InChI is InChI=1S/C18H27NO3/c1-13(2)16(19-17(21)22-18(3,4)5)11-15(12-20)14-9-7-6-8-10-14/h6-11,13,16,20H,12H2,1-5H3,(H,19,21)/b15-11-. The van der Waals surface area contributed by atoms with Gasteiger partial charge in [0.1, 0.15) is 5.60 Å². The van der Waals surface area contributed by atoms with Crippen LogP contribution in [-0.4, -0.2) is 29.4 Å². The zero-order valence-electron chi connectivity index (χ0n) is 14.1. The molecule has 4 nitrogen and oxygen atoms in total. The third kappa shape index (κ3) is 6.31. The van der Waals surface area contributed by atoms with E-state index in [2.05, 4.69) is 5.32 Å². The number of aliphatic hydroxyl groups is 1. The Morgan fingerprint density at radius 3 is 2.32 bits per heavy atom. The largest absolute Gasteiger partial charge is 0.444 e. The van der Waals surface area contributed by atoms with Gasteiger partial charge in [-0.05, 0) is 37.8 Å². The molecule has 0 aliphatic rings. The van der Waals surface area contributed by atoms with Gasteiger partial charge in [-0.25, -0.2) is 4.79 Å². The van der Waals surface area contributed by atoms with Gasteiger partial charge >= 0.3 is 6.09 Å². The lowest BCUT2D eigenvalue weighted by molar-refractivity contribution is 0.0504. The van der Waals surface area contributed by atoms with Crippen LogP contribution in [0, 0.1) is 5.92 Å². The molecule has 0 saturated heterocycles. The highest BCUT2D eigenvalue weighted by atomic mass is 16.6. The van der Waals surface area contributed by atoms with Crippen molar-refractivity contribution in [3.8, 4) is 0 Å². The average molecular weight is 305 g/mol. The van der Waals surface area contributed by atoms with E-state index >= 15 is 0 Å². The molecular formula is C18H27NO3. The zero-order chi connectivity index (χ0) is 16.8. The number of carbonyl (C=O) groups is 1. The van der Waals surface area contributed by atoms with Crippen LogP contribution in [0.3, 0.4) is 0 Å². The highest BCUT2D eigenvalue weighted by Gasteiger charge is 2.20. The van der Waals surface area contributed by atoms with Crippen molar-refractivity contribution < 1.29 is 14.6 Å². The van der Waals surface area contributed by atoms with Gasteiger partial charge in [0.2, 0.25) is 0 Å². The SMILES string of the molecule is CC(C)C(/C=C(/CO)c1ccccc1)NC(=O)OC(C)(C)C. The Kier molecular flexibility index (Phi) is 6.62. The van der Waals surface area contributed by atoms with Crippen molar-refractivity contribution in [1.29, 1.82) is 0 Å². The van der Waals surface area contributed by atoms with Gasteiger partial charge in [0.05, 0.1) is 12.6 Å². The van der Waals surface area contributed by atoms with E-state index in [1.54, 1.807) is 0 Å². The van der Waals surface area contributed by atoms with Crippen LogP contribution in [0.1, 0.15) is 40.2 Å². The van der Waals surface area contributed by atoms with Crippen LogP contribution in [0.2, 0.25) is 0 Å².